The van der Waals surface area contributed by atoms with Crippen LogP contribution >= 0.6 is 22.9 Å². The minimum absolute atomic E-state index is 0.0256. The normalized spacial score (nSPS) is 11.1. The molecule has 0 bridgehead atoms. The standard InChI is InChI=1S/C21H16ClF2N3O2S/c1-11-5-3-6-13(22)18(11)25-20-19(17-14(23)7-4-8-15(17)24)26-21-27(20)12(10-30-21)9-16(28)29-2/h3-8,10,25H,9H2,1-2H3. The maximum atomic E-state index is 14.6. The lowest BCUT2D eigenvalue weighted by Crippen LogP contribution is -2.08. The SMILES string of the molecule is COC(=O)Cc1csc2nc(-c3c(F)cccc3F)c(Nc3c(C)cccc3Cl)n12. The molecule has 4 rings (SSSR count). The number of hydrogen-bond donors (Lipinski definition) is 1. The highest BCUT2D eigenvalue weighted by Crippen LogP contribution is 2.39. The zero-order valence-electron chi connectivity index (χ0n) is 16.0. The molecular weight excluding hydrogens is 432 g/mol. The van der Waals surface area contributed by atoms with Crippen LogP contribution in [-0.4, -0.2) is 22.5 Å². The Morgan fingerprint density at radius 2 is 1.93 bits per heavy atom. The summed E-state index contributed by atoms with van der Waals surface area (Å²) in [7, 11) is 1.30. The quantitative estimate of drug-likeness (QED) is 0.395. The third-order valence-corrected chi connectivity index (χ3v) is 5.84. The van der Waals surface area contributed by atoms with E-state index in [-0.39, 0.29) is 17.7 Å². The smallest absolute Gasteiger partial charge is 0.311 e. The number of anilines is 2. The number of benzene rings is 2. The predicted octanol–water partition coefficient (Wildman–Crippen LogP) is 5.76. The highest BCUT2D eigenvalue weighted by Gasteiger charge is 2.25. The maximum absolute atomic E-state index is 14.6. The molecule has 2 aromatic carbocycles. The van der Waals surface area contributed by atoms with Crippen molar-refractivity contribution in [2.45, 2.75) is 13.3 Å². The van der Waals surface area contributed by atoms with Crippen molar-refractivity contribution in [3.8, 4) is 11.3 Å². The largest absolute Gasteiger partial charge is 0.469 e. The number of nitrogens with one attached hydrogen (secondary N) is 1. The van der Waals surface area contributed by atoms with Crippen molar-refractivity contribution in [3.63, 3.8) is 0 Å². The summed E-state index contributed by atoms with van der Waals surface area (Å²) in [6, 6.07) is 9.01. The van der Waals surface area contributed by atoms with Gasteiger partial charge in [0.05, 0.1) is 29.8 Å². The number of methoxy groups -OCH3 is 1. The van der Waals surface area contributed by atoms with E-state index < -0.39 is 17.6 Å². The van der Waals surface area contributed by atoms with Gasteiger partial charge in [0.15, 0.2) is 4.96 Å². The van der Waals surface area contributed by atoms with Gasteiger partial charge < -0.3 is 10.1 Å². The molecule has 5 nitrogen and oxygen atoms in total. The fraction of sp³-hybridized carbons (Fsp3) is 0.143. The topological polar surface area (TPSA) is 55.6 Å². The second-order valence-corrected chi connectivity index (χ2v) is 7.80. The van der Waals surface area contributed by atoms with Gasteiger partial charge in [-0.1, -0.05) is 29.8 Å². The lowest BCUT2D eigenvalue weighted by molar-refractivity contribution is -0.139. The predicted molar refractivity (Wildman–Crippen MR) is 114 cm³/mol. The fourth-order valence-electron chi connectivity index (χ4n) is 3.18. The number of rotatable bonds is 5. The van der Waals surface area contributed by atoms with Gasteiger partial charge in [-0.25, -0.2) is 13.8 Å². The molecule has 0 saturated heterocycles. The van der Waals surface area contributed by atoms with Gasteiger partial charge in [-0.2, -0.15) is 0 Å². The first-order chi connectivity index (χ1) is 14.4. The van der Waals surface area contributed by atoms with Gasteiger partial charge in [0.2, 0.25) is 0 Å². The second-order valence-electron chi connectivity index (χ2n) is 6.56. The number of para-hydroxylation sites is 1. The van der Waals surface area contributed by atoms with Crippen LogP contribution in [0, 0.1) is 18.6 Å². The Morgan fingerprint density at radius 3 is 2.60 bits per heavy atom. The van der Waals surface area contributed by atoms with E-state index in [0.717, 1.165) is 5.56 Å². The molecule has 0 spiro atoms. The number of thiazole rings is 1. The van der Waals surface area contributed by atoms with Crippen LogP contribution in [0.25, 0.3) is 16.2 Å². The number of carbonyl (C=O) groups excluding carboxylic acids is 1. The molecule has 1 N–H and O–H groups in total. The van der Waals surface area contributed by atoms with Crippen molar-refractivity contribution in [1.29, 1.82) is 0 Å². The average molecular weight is 448 g/mol. The van der Waals surface area contributed by atoms with Crippen molar-refractivity contribution in [2.24, 2.45) is 0 Å². The van der Waals surface area contributed by atoms with E-state index in [1.165, 1.54) is 36.6 Å². The molecule has 0 fully saturated rings. The van der Waals surface area contributed by atoms with Crippen LogP contribution in [0.1, 0.15) is 11.3 Å². The zero-order chi connectivity index (χ0) is 21.4. The van der Waals surface area contributed by atoms with Crippen molar-refractivity contribution >= 4 is 45.4 Å². The molecule has 154 valence electrons. The summed E-state index contributed by atoms with van der Waals surface area (Å²) in [5.41, 5.74) is 1.81. The van der Waals surface area contributed by atoms with Crippen LogP contribution in [0.3, 0.4) is 0 Å². The summed E-state index contributed by atoms with van der Waals surface area (Å²) in [6.07, 6.45) is -0.0256. The Bertz CT molecular complexity index is 1230. The second kappa shape index (κ2) is 8.04. The van der Waals surface area contributed by atoms with Crippen LogP contribution in [0.15, 0.2) is 41.8 Å². The number of ether oxygens (including phenoxy) is 1. The summed E-state index contributed by atoms with van der Waals surface area (Å²) in [6.45, 7) is 1.86. The van der Waals surface area contributed by atoms with Crippen molar-refractivity contribution < 1.29 is 18.3 Å². The molecular formula is C21H16ClF2N3O2S. The molecule has 4 aromatic rings. The first kappa shape index (κ1) is 20.3. The summed E-state index contributed by atoms with van der Waals surface area (Å²) < 4.78 is 35.6. The van der Waals surface area contributed by atoms with Crippen LogP contribution < -0.4 is 5.32 Å². The highest BCUT2D eigenvalue weighted by molar-refractivity contribution is 7.15. The van der Waals surface area contributed by atoms with Crippen LogP contribution in [0.2, 0.25) is 5.02 Å². The maximum Gasteiger partial charge on any atom is 0.311 e. The molecule has 2 aromatic heterocycles. The lowest BCUT2D eigenvalue weighted by Gasteiger charge is -2.14. The van der Waals surface area contributed by atoms with E-state index in [4.69, 9.17) is 16.3 Å². The Kier molecular flexibility index (Phi) is 5.44. The third kappa shape index (κ3) is 3.53. The van der Waals surface area contributed by atoms with Gasteiger partial charge in [0.1, 0.15) is 23.1 Å². The lowest BCUT2D eigenvalue weighted by atomic mass is 10.1. The minimum Gasteiger partial charge on any atom is -0.469 e. The number of imidazole rings is 1. The summed E-state index contributed by atoms with van der Waals surface area (Å²) in [5, 5.41) is 5.39. The van der Waals surface area contributed by atoms with Gasteiger partial charge in [-0.15, -0.1) is 11.3 Å². The molecule has 0 saturated carbocycles. The van der Waals surface area contributed by atoms with Gasteiger partial charge >= 0.3 is 5.97 Å². The van der Waals surface area contributed by atoms with Crippen LogP contribution in [0.5, 0.6) is 0 Å². The average Bonchev–Trinajstić information content (AvgIpc) is 3.25. The molecule has 0 unspecified atom stereocenters. The van der Waals surface area contributed by atoms with Crippen molar-refractivity contribution in [1.82, 2.24) is 9.38 Å². The Labute approximate surface area is 179 Å². The summed E-state index contributed by atoms with van der Waals surface area (Å²) in [4.78, 5) is 16.8. The highest BCUT2D eigenvalue weighted by atomic mass is 35.5. The first-order valence-corrected chi connectivity index (χ1v) is 10.2. The molecule has 0 aliphatic rings. The van der Waals surface area contributed by atoms with Gasteiger partial charge in [0, 0.05) is 11.1 Å². The molecule has 30 heavy (non-hydrogen) atoms. The van der Waals surface area contributed by atoms with E-state index >= 15 is 0 Å². The van der Waals surface area contributed by atoms with Crippen molar-refractivity contribution in [3.05, 3.63) is 69.7 Å². The molecule has 0 aliphatic carbocycles. The summed E-state index contributed by atoms with van der Waals surface area (Å²) >= 11 is 7.62. The van der Waals surface area contributed by atoms with Gasteiger partial charge in [-0.05, 0) is 30.7 Å². The van der Waals surface area contributed by atoms with Crippen LogP contribution in [0.4, 0.5) is 20.3 Å². The zero-order valence-corrected chi connectivity index (χ0v) is 17.6. The van der Waals surface area contributed by atoms with E-state index in [0.29, 0.717) is 27.2 Å². The number of hydrogen-bond acceptors (Lipinski definition) is 5. The molecule has 0 radical (unpaired) electrons. The van der Waals surface area contributed by atoms with Gasteiger partial charge in [-0.3, -0.25) is 9.20 Å². The molecule has 0 amide bonds. The van der Waals surface area contributed by atoms with E-state index in [2.05, 4.69) is 10.3 Å². The number of aromatic nitrogens is 2. The van der Waals surface area contributed by atoms with E-state index in [1.54, 1.807) is 21.9 Å². The summed E-state index contributed by atoms with van der Waals surface area (Å²) in [5.74, 6) is -1.62. The number of fused-ring (bicyclic) bond motifs is 1. The van der Waals surface area contributed by atoms with E-state index in [1.807, 2.05) is 13.0 Å². The first-order valence-electron chi connectivity index (χ1n) is 8.93. The minimum atomic E-state index is -0.741. The monoisotopic (exact) mass is 447 g/mol. The molecule has 2 heterocycles. The Balaban J connectivity index is 1.98. The van der Waals surface area contributed by atoms with Crippen molar-refractivity contribution in [2.75, 3.05) is 12.4 Å². The number of nitrogens with zero attached hydrogens (tertiary/aromatic N) is 2. The van der Waals surface area contributed by atoms with Gasteiger partial charge in [0.25, 0.3) is 0 Å². The molecule has 9 heteroatoms. The number of carbonyl (C=O) groups is 1. The number of aryl methyl sites for hydroxylation is 1. The Morgan fingerprint density at radius 1 is 1.23 bits per heavy atom. The van der Waals surface area contributed by atoms with E-state index in [9.17, 15) is 13.6 Å². The third-order valence-electron chi connectivity index (χ3n) is 4.65. The molecule has 0 aliphatic heterocycles. The fourth-order valence-corrected chi connectivity index (χ4v) is 4.34. The number of halogens is 3. The molecule has 0 atom stereocenters. The van der Waals surface area contributed by atoms with Crippen LogP contribution in [-0.2, 0) is 16.0 Å². The number of esters is 1. The Hall–Kier alpha value is -2.97.